The van der Waals surface area contributed by atoms with E-state index in [0.717, 1.165) is 6.08 Å². The summed E-state index contributed by atoms with van der Waals surface area (Å²) in [6.07, 6.45) is 2.49. The van der Waals surface area contributed by atoms with Crippen molar-refractivity contribution in [3.05, 3.63) is 23.4 Å². The van der Waals surface area contributed by atoms with Gasteiger partial charge in [0.25, 0.3) is 0 Å². The van der Waals surface area contributed by atoms with E-state index < -0.39 is 23.6 Å². The van der Waals surface area contributed by atoms with E-state index in [1.165, 1.54) is 6.08 Å². The third-order valence-corrected chi connectivity index (χ3v) is 2.21. The zero-order valence-corrected chi connectivity index (χ0v) is 7.07. The molecule has 0 amide bonds. The molecule has 1 saturated heterocycles. The van der Waals surface area contributed by atoms with E-state index in [-0.39, 0.29) is 6.42 Å². The molecule has 0 spiro atoms. The first-order valence-corrected chi connectivity index (χ1v) is 4.06. The van der Waals surface area contributed by atoms with Crippen molar-refractivity contribution in [2.24, 2.45) is 0 Å². The molecule has 2 aliphatic rings. The number of hydrogen-bond donors (Lipinski definition) is 1. The van der Waals surface area contributed by atoms with Gasteiger partial charge in [-0.2, -0.15) is 0 Å². The highest BCUT2D eigenvalue weighted by Gasteiger charge is 2.29. The highest BCUT2D eigenvalue weighted by Crippen LogP contribution is 2.25. The molecule has 0 unspecified atom stereocenters. The molecule has 1 heterocycles. The predicted octanol–water partition coefficient (Wildman–Crippen LogP) is -1.94. The molecule has 0 aromatic heterocycles. The van der Waals surface area contributed by atoms with Crippen LogP contribution in [0.5, 0.6) is 0 Å². The van der Waals surface area contributed by atoms with Crippen molar-refractivity contribution < 1.29 is 19.5 Å². The van der Waals surface area contributed by atoms with Crippen LogP contribution < -0.4 is 10.4 Å². The first-order valence-electron chi connectivity index (χ1n) is 4.06. The summed E-state index contributed by atoms with van der Waals surface area (Å²) in [7, 11) is 0. The minimum absolute atomic E-state index is 0.188. The van der Waals surface area contributed by atoms with Gasteiger partial charge in [-0.15, -0.1) is 0 Å². The number of fused-ring (bicyclic) bond motifs is 1. The van der Waals surface area contributed by atoms with Crippen LogP contribution in [-0.4, -0.2) is 23.6 Å². The van der Waals surface area contributed by atoms with E-state index >= 15 is 0 Å². The van der Waals surface area contributed by atoms with Crippen LogP contribution in [0.2, 0.25) is 0 Å². The lowest BCUT2D eigenvalue weighted by Crippen LogP contribution is -2.41. The van der Waals surface area contributed by atoms with Crippen LogP contribution >= 0.6 is 0 Å². The number of hydrogen-bond acceptors (Lipinski definition) is 5. The maximum Gasteiger partial charge on any atom is 0.227 e. The Morgan fingerprint density at radius 1 is 1.36 bits per heavy atom. The molecule has 0 bridgehead atoms. The molecule has 72 valence electrons. The van der Waals surface area contributed by atoms with Crippen molar-refractivity contribution in [1.29, 1.82) is 0 Å². The molecule has 0 aromatic rings. The van der Waals surface area contributed by atoms with Gasteiger partial charge in [0.15, 0.2) is 0 Å². The summed E-state index contributed by atoms with van der Waals surface area (Å²) in [5, 5.41) is 13.1. The van der Waals surface area contributed by atoms with Crippen LogP contribution in [0.1, 0.15) is 6.42 Å². The number of aliphatic carboxylic acids is 1. The first-order chi connectivity index (χ1) is 6.58. The zero-order chi connectivity index (χ0) is 10.3. The van der Waals surface area contributed by atoms with E-state index in [0.29, 0.717) is 11.3 Å². The van der Waals surface area contributed by atoms with Crippen molar-refractivity contribution in [2.75, 3.05) is 0 Å². The third-order valence-electron chi connectivity index (χ3n) is 2.21. The molecule has 1 aliphatic heterocycles. The van der Waals surface area contributed by atoms with E-state index in [4.69, 9.17) is 0 Å². The van der Waals surface area contributed by atoms with Crippen molar-refractivity contribution >= 4 is 17.5 Å². The monoisotopic (exact) mass is 192 g/mol. The van der Waals surface area contributed by atoms with Gasteiger partial charge in [0.1, 0.15) is 0 Å². The van der Waals surface area contributed by atoms with Crippen LogP contribution in [0.25, 0.3) is 0 Å². The van der Waals surface area contributed by atoms with E-state index in [9.17, 15) is 19.5 Å². The molecule has 1 fully saturated rings. The molecule has 14 heavy (non-hydrogen) atoms. The largest absolute Gasteiger partial charge is 0.548 e. The summed E-state index contributed by atoms with van der Waals surface area (Å²) < 4.78 is 0. The fraction of sp³-hybridized carbons (Fsp3) is 0.222. The van der Waals surface area contributed by atoms with Gasteiger partial charge < -0.3 is 15.2 Å². The Morgan fingerprint density at radius 3 is 2.64 bits per heavy atom. The van der Waals surface area contributed by atoms with Crippen LogP contribution in [0.3, 0.4) is 0 Å². The number of nitrogens with one attached hydrogen (secondary N) is 1. The Bertz CT molecular complexity index is 373. The summed E-state index contributed by atoms with van der Waals surface area (Å²) in [5.74, 6) is -2.47. The van der Waals surface area contributed by atoms with Gasteiger partial charge in [-0.05, 0) is 11.6 Å². The Balaban J connectivity index is 2.31. The molecule has 1 atom stereocenters. The Morgan fingerprint density at radius 2 is 2.00 bits per heavy atom. The molecule has 5 nitrogen and oxygen atoms in total. The van der Waals surface area contributed by atoms with Gasteiger partial charge in [0.2, 0.25) is 11.6 Å². The predicted molar refractivity (Wildman–Crippen MR) is 42.7 cm³/mol. The van der Waals surface area contributed by atoms with Crippen LogP contribution in [0.15, 0.2) is 23.4 Å². The fourth-order valence-electron chi connectivity index (χ4n) is 1.51. The Labute approximate surface area is 79.1 Å². The summed E-state index contributed by atoms with van der Waals surface area (Å²) in [5.41, 5.74) is 0.979. The topological polar surface area (TPSA) is 86.3 Å². The molecule has 0 aromatic carbocycles. The average molecular weight is 192 g/mol. The lowest BCUT2D eigenvalue weighted by Gasteiger charge is -2.10. The number of carboxylic acids is 1. The van der Waals surface area contributed by atoms with E-state index in [1.54, 1.807) is 0 Å². The molecule has 1 aliphatic carbocycles. The molecule has 1 N–H and O–H groups in total. The maximum absolute atomic E-state index is 11.0. The number of carboxylic acid groups (broad SMARTS) is 1. The fourth-order valence-corrected chi connectivity index (χ4v) is 1.51. The Hall–Kier alpha value is -1.91. The SMILES string of the molecule is O=C1C=C2C[C@@H](C(=O)[O-])NC2=CC1=O. The zero-order valence-electron chi connectivity index (χ0n) is 7.07. The van der Waals surface area contributed by atoms with Crippen molar-refractivity contribution in [1.82, 2.24) is 5.32 Å². The second kappa shape index (κ2) is 2.80. The van der Waals surface area contributed by atoms with Crippen LogP contribution in [-0.2, 0) is 14.4 Å². The smallest absolute Gasteiger partial charge is 0.227 e. The number of rotatable bonds is 1. The van der Waals surface area contributed by atoms with Gasteiger partial charge in [0, 0.05) is 18.2 Å². The number of allylic oxidation sites excluding steroid dienone is 3. The average Bonchev–Trinajstić information content (AvgIpc) is 2.48. The molecular formula is C9H6NO4-. The van der Waals surface area contributed by atoms with Crippen molar-refractivity contribution in [2.45, 2.75) is 12.5 Å². The minimum Gasteiger partial charge on any atom is -0.548 e. The lowest BCUT2D eigenvalue weighted by molar-refractivity contribution is -0.307. The first kappa shape index (κ1) is 8.68. The van der Waals surface area contributed by atoms with E-state index in [1.807, 2.05) is 0 Å². The molecule has 0 radical (unpaired) electrons. The third kappa shape index (κ3) is 1.22. The summed E-state index contributed by atoms with van der Waals surface area (Å²) in [6, 6.07) is -0.841. The van der Waals surface area contributed by atoms with Crippen LogP contribution in [0, 0.1) is 0 Å². The van der Waals surface area contributed by atoms with Gasteiger partial charge in [-0.1, -0.05) is 0 Å². The summed E-state index contributed by atoms with van der Waals surface area (Å²) in [4.78, 5) is 32.4. The Kier molecular flexibility index (Phi) is 1.73. The van der Waals surface area contributed by atoms with Gasteiger partial charge in [-0.3, -0.25) is 9.59 Å². The number of carbonyl (C=O) groups is 3. The molecule has 0 saturated carbocycles. The molecular weight excluding hydrogens is 186 g/mol. The highest BCUT2D eigenvalue weighted by atomic mass is 16.4. The second-order valence-corrected chi connectivity index (χ2v) is 3.18. The van der Waals surface area contributed by atoms with E-state index in [2.05, 4.69) is 5.32 Å². The van der Waals surface area contributed by atoms with Gasteiger partial charge in [0.05, 0.1) is 12.0 Å². The lowest BCUT2D eigenvalue weighted by atomic mass is 10.0. The second-order valence-electron chi connectivity index (χ2n) is 3.18. The van der Waals surface area contributed by atoms with Gasteiger partial charge in [-0.25, -0.2) is 0 Å². The van der Waals surface area contributed by atoms with Crippen molar-refractivity contribution in [3.63, 3.8) is 0 Å². The summed E-state index contributed by atoms with van der Waals surface area (Å²) >= 11 is 0. The number of ketones is 2. The minimum atomic E-state index is -1.24. The quantitative estimate of drug-likeness (QED) is 0.386. The van der Waals surface area contributed by atoms with Crippen LogP contribution in [0.4, 0.5) is 0 Å². The van der Waals surface area contributed by atoms with Gasteiger partial charge >= 0.3 is 0 Å². The maximum atomic E-state index is 11.0. The highest BCUT2D eigenvalue weighted by molar-refractivity contribution is 6.46. The molecule has 5 heteroatoms. The number of carbonyl (C=O) groups excluding carboxylic acids is 3. The molecule has 2 rings (SSSR count). The summed E-state index contributed by atoms with van der Waals surface area (Å²) in [6.45, 7) is 0. The van der Waals surface area contributed by atoms with Crippen molar-refractivity contribution in [3.8, 4) is 0 Å². The normalized spacial score (nSPS) is 25.0. The standard InChI is InChI=1S/C9H7NO4/c11-7-2-4-1-6(9(13)14)10-5(4)3-8(7)12/h2-3,6,10H,1H2,(H,13,14)/p-1/t6-/m0/s1.